The van der Waals surface area contributed by atoms with Crippen LogP contribution in [0.3, 0.4) is 0 Å². The van der Waals surface area contributed by atoms with Crippen molar-refractivity contribution in [1.82, 2.24) is 4.90 Å². The lowest BCUT2D eigenvalue weighted by Crippen LogP contribution is -2.23. The van der Waals surface area contributed by atoms with E-state index in [-0.39, 0.29) is 0 Å². The van der Waals surface area contributed by atoms with Crippen molar-refractivity contribution in [2.24, 2.45) is 5.73 Å². The second-order valence-electron chi connectivity index (χ2n) is 5.04. The predicted molar refractivity (Wildman–Crippen MR) is 77.0 cm³/mol. The molecule has 0 aliphatic carbocycles. The van der Waals surface area contributed by atoms with Crippen molar-refractivity contribution >= 4 is 0 Å². The number of nitrogens with two attached hydrogens (primary N) is 1. The molecule has 1 unspecified atom stereocenters. The Bertz CT molecular complexity index is 409. The van der Waals surface area contributed by atoms with E-state index >= 15 is 0 Å². The summed E-state index contributed by atoms with van der Waals surface area (Å²) in [5, 5.41) is 0. The van der Waals surface area contributed by atoms with Gasteiger partial charge in [0.1, 0.15) is 0 Å². The molecule has 2 rings (SSSR count). The molecular formula is C15H24N2O2. The summed E-state index contributed by atoms with van der Waals surface area (Å²) in [4.78, 5) is 2.49. The molecule has 1 atom stereocenters. The number of benzene rings is 1. The van der Waals surface area contributed by atoms with E-state index in [0.29, 0.717) is 5.92 Å². The van der Waals surface area contributed by atoms with Gasteiger partial charge in [0.25, 0.3) is 0 Å². The van der Waals surface area contributed by atoms with Gasteiger partial charge in [0.2, 0.25) is 0 Å². The van der Waals surface area contributed by atoms with Gasteiger partial charge in [-0.15, -0.1) is 0 Å². The summed E-state index contributed by atoms with van der Waals surface area (Å²) in [5.74, 6) is 2.21. The molecule has 2 N–H and O–H groups in total. The van der Waals surface area contributed by atoms with Gasteiger partial charge < -0.3 is 20.1 Å². The van der Waals surface area contributed by atoms with Crippen molar-refractivity contribution in [2.75, 3.05) is 40.4 Å². The summed E-state index contributed by atoms with van der Waals surface area (Å²) in [7, 11) is 3.35. The SMILES string of the molecule is COc1ccc(C2CCN(CCCN)C2)cc1OC. The van der Waals surface area contributed by atoms with E-state index in [1.807, 2.05) is 6.07 Å². The maximum absolute atomic E-state index is 5.57. The van der Waals surface area contributed by atoms with E-state index in [4.69, 9.17) is 15.2 Å². The summed E-state index contributed by atoms with van der Waals surface area (Å²) >= 11 is 0. The van der Waals surface area contributed by atoms with Crippen LogP contribution in [0.1, 0.15) is 24.3 Å². The minimum absolute atomic E-state index is 0.595. The number of rotatable bonds is 6. The molecule has 19 heavy (non-hydrogen) atoms. The van der Waals surface area contributed by atoms with Crippen LogP contribution in [-0.4, -0.2) is 45.3 Å². The van der Waals surface area contributed by atoms with Crippen LogP contribution in [0.25, 0.3) is 0 Å². The van der Waals surface area contributed by atoms with E-state index in [9.17, 15) is 0 Å². The molecule has 0 amide bonds. The summed E-state index contributed by atoms with van der Waals surface area (Å²) in [6.07, 6.45) is 2.29. The summed E-state index contributed by atoms with van der Waals surface area (Å²) in [6.45, 7) is 4.17. The van der Waals surface area contributed by atoms with Crippen LogP contribution in [0.4, 0.5) is 0 Å². The molecule has 1 aromatic rings. The van der Waals surface area contributed by atoms with Crippen LogP contribution < -0.4 is 15.2 Å². The van der Waals surface area contributed by atoms with Gasteiger partial charge in [-0.05, 0) is 56.1 Å². The fraction of sp³-hybridized carbons (Fsp3) is 0.600. The van der Waals surface area contributed by atoms with Crippen molar-refractivity contribution in [3.63, 3.8) is 0 Å². The zero-order valence-electron chi connectivity index (χ0n) is 11.9. The van der Waals surface area contributed by atoms with Crippen molar-refractivity contribution in [3.8, 4) is 11.5 Å². The van der Waals surface area contributed by atoms with Gasteiger partial charge in [-0.25, -0.2) is 0 Å². The minimum Gasteiger partial charge on any atom is -0.493 e. The normalized spacial score (nSPS) is 19.6. The molecule has 0 bridgehead atoms. The number of hydrogen-bond acceptors (Lipinski definition) is 4. The van der Waals surface area contributed by atoms with Gasteiger partial charge in [-0.3, -0.25) is 0 Å². The third kappa shape index (κ3) is 3.39. The van der Waals surface area contributed by atoms with Crippen LogP contribution in [0.2, 0.25) is 0 Å². The first kappa shape index (κ1) is 14.2. The minimum atomic E-state index is 0.595. The molecular weight excluding hydrogens is 240 g/mol. The number of hydrogen-bond donors (Lipinski definition) is 1. The molecule has 0 saturated carbocycles. The standard InChI is InChI=1S/C15H24N2O2/c1-18-14-5-4-12(10-15(14)19-2)13-6-9-17(11-13)8-3-7-16/h4-5,10,13H,3,6-9,11,16H2,1-2H3. The first-order valence-electron chi connectivity index (χ1n) is 6.92. The molecule has 4 nitrogen and oxygen atoms in total. The monoisotopic (exact) mass is 264 g/mol. The van der Waals surface area contributed by atoms with E-state index in [1.54, 1.807) is 14.2 Å². The second-order valence-corrected chi connectivity index (χ2v) is 5.04. The van der Waals surface area contributed by atoms with Gasteiger partial charge >= 0.3 is 0 Å². The smallest absolute Gasteiger partial charge is 0.160 e. The maximum Gasteiger partial charge on any atom is 0.160 e. The Morgan fingerprint density at radius 3 is 2.74 bits per heavy atom. The molecule has 1 aliphatic rings. The lowest BCUT2D eigenvalue weighted by molar-refractivity contribution is 0.331. The fourth-order valence-electron chi connectivity index (χ4n) is 2.73. The Hall–Kier alpha value is -1.26. The quantitative estimate of drug-likeness (QED) is 0.851. The van der Waals surface area contributed by atoms with E-state index in [1.165, 1.54) is 18.5 Å². The van der Waals surface area contributed by atoms with Gasteiger partial charge in [-0.2, -0.15) is 0 Å². The van der Waals surface area contributed by atoms with Crippen LogP contribution in [0.15, 0.2) is 18.2 Å². The average Bonchev–Trinajstić information content (AvgIpc) is 2.93. The average molecular weight is 264 g/mol. The van der Waals surface area contributed by atoms with Crippen LogP contribution in [0, 0.1) is 0 Å². The van der Waals surface area contributed by atoms with Crippen molar-refractivity contribution in [2.45, 2.75) is 18.8 Å². The van der Waals surface area contributed by atoms with Gasteiger partial charge in [0, 0.05) is 6.54 Å². The Kier molecular flexibility index (Phi) is 5.05. The highest BCUT2D eigenvalue weighted by Gasteiger charge is 2.24. The van der Waals surface area contributed by atoms with Crippen molar-refractivity contribution in [1.29, 1.82) is 0 Å². The molecule has 4 heteroatoms. The topological polar surface area (TPSA) is 47.7 Å². The van der Waals surface area contributed by atoms with E-state index < -0.39 is 0 Å². The highest BCUT2D eigenvalue weighted by Crippen LogP contribution is 2.34. The first-order valence-corrected chi connectivity index (χ1v) is 6.92. The lowest BCUT2D eigenvalue weighted by Gasteiger charge is -2.16. The highest BCUT2D eigenvalue weighted by molar-refractivity contribution is 5.44. The third-order valence-corrected chi connectivity index (χ3v) is 3.83. The van der Waals surface area contributed by atoms with Crippen LogP contribution in [-0.2, 0) is 0 Å². The summed E-state index contributed by atoms with van der Waals surface area (Å²) < 4.78 is 10.7. The predicted octanol–water partition coefficient (Wildman–Crippen LogP) is 1.84. The number of likely N-dealkylation sites (tertiary alicyclic amines) is 1. The summed E-state index contributed by atoms with van der Waals surface area (Å²) in [6, 6.07) is 6.26. The highest BCUT2D eigenvalue weighted by atomic mass is 16.5. The number of ether oxygens (including phenoxy) is 2. The number of methoxy groups -OCH3 is 2. The Labute approximate surface area is 115 Å². The zero-order valence-corrected chi connectivity index (χ0v) is 11.9. The van der Waals surface area contributed by atoms with E-state index in [0.717, 1.165) is 37.6 Å². The lowest BCUT2D eigenvalue weighted by atomic mass is 9.98. The molecule has 1 aliphatic heterocycles. The molecule has 106 valence electrons. The fourth-order valence-corrected chi connectivity index (χ4v) is 2.73. The molecule has 1 fully saturated rings. The van der Waals surface area contributed by atoms with Crippen LogP contribution >= 0.6 is 0 Å². The molecule has 1 heterocycles. The summed E-state index contributed by atoms with van der Waals surface area (Å²) in [5.41, 5.74) is 6.91. The van der Waals surface area contributed by atoms with E-state index in [2.05, 4.69) is 17.0 Å². The Balaban J connectivity index is 2.03. The molecule has 1 aromatic carbocycles. The zero-order chi connectivity index (χ0) is 13.7. The molecule has 0 spiro atoms. The van der Waals surface area contributed by atoms with Crippen molar-refractivity contribution < 1.29 is 9.47 Å². The molecule has 0 radical (unpaired) electrons. The maximum atomic E-state index is 5.57. The van der Waals surface area contributed by atoms with Crippen LogP contribution in [0.5, 0.6) is 11.5 Å². The largest absolute Gasteiger partial charge is 0.493 e. The molecule has 0 aromatic heterocycles. The third-order valence-electron chi connectivity index (χ3n) is 3.83. The Morgan fingerprint density at radius 2 is 2.05 bits per heavy atom. The number of nitrogens with zero attached hydrogens (tertiary/aromatic N) is 1. The first-order chi connectivity index (χ1) is 9.28. The Morgan fingerprint density at radius 1 is 1.26 bits per heavy atom. The van der Waals surface area contributed by atoms with Gasteiger partial charge in [0.05, 0.1) is 14.2 Å². The second kappa shape index (κ2) is 6.78. The molecule has 1 saturated heterocycles. The van der Waals surface area contributed by atoms with Gasteiger partial charge in [-0.1, -0.05) is 6.07 Å². The van der Waals surface area contributed by atoms with Crippen molar-refractivity contribution in [3.05, 3.63) is 23.8 Å². The van der Waals surface area contributed by atoms with Gasteiger partial charge in [0.15, 0.2) is 11.5 Å².